The number of carbonyl (C=O) groups excluding carboxylic acids is 2. The van der Waals surface area contributed by atoms with Crippen molar-refractivity contribution in [1.29, 1.82) is 0 Å². The molecule has 1 rings (SSSR count). The van der Waals surface area contributed by atoms with Crippen LogP contribution < -0.4 is 4.74 Å². The minimum absolute atomic E-state index is 0.0284. The van der Waals surface area contributed by atoms with E-state index < -0.39 is 0 Å². The Hall–Kier alpha value is -2.68. The van der Waals surface area contributed by atoms with E-state index >= 15 is 0 Å². The number of esters is 1. The molecule has 0 aromatic heterocycles. The van der Waals surface area contributed by atoms with Gasteiger partial charge >= 0.3 is 5.97 Å². The van der Waals surface area contributed by atoms with Gasteiger partial charge in [0, 0.05) is 6.92 Å². The Balaban J connectivity index is 2.46. The van der Waals surface area contributed by atoms with Gasteiger partial charge in [0.2, 0.25) is 0 Å². The number of ketones is 1. The van der Waals surface area contributed by atoms with E-state index in [4.69, 9.17) is 4.74 Å². The second kappa shape index (κ2) is 9.26. The molecule has 1 aromatic rings. The van der Waals surface area contributed by atoms with Gasteiger partial charge in [-0.15, -0.1) is 0 Å². The van der Waals surface area contributed by atoms with Crippen LogP contribution in [-0.2, 0) is 9.59 Å². The molecule has 21 heavy (non-hydrogen) atoms. The van der Waals surface area contributed by atoms with Gasteiger partial charge < -0.3 is 4.74 Å². The van der Waals surface area contributed by atoms with E-state index in [0.717, 1.165) is 5.56 Å². The molecule has 0 unspecified atom stereocenters. The quantitative estimate of drug-likeness (QED) is 0.344. The maximum Gasteiger partial charge on any atom is 0.308 e. The summed E-state index contributed by atoms with van der Waals surface area (Å²) in [4.78, 5) is 21.4. The van der Waals surface area contributed by atoms with Crippen molar-refractivity contribution in [3.63, 3.8) is 0 Å². The van der Waals surface area contributed by atoms with Crippen molar-refractivity contribution in [2.24, 2.45) is 0 Å². The number of ether oxygens (including phenoxy) is 1. The van der Waals surface area contributed by atoms with Crippen molar-refractivity contribution >= 4 is 17.8 Å². The second-order valence-electron chi connectivity index (χ2n) is 4.26. The van der Waals surface area contributed by atoms with Crippen LogP contribution >= 0.6 is 0 Å². The smallest absolute Gasteiger partial charge is 0.308 e. The van der Waals surface area contributed by atoms with Crippen LogP contribution in [0.5, 0.6) is 5.75 Å². The number of rotatable bonds is 6. The third-order valence-corrected chi connectivity index (χ3v) is 2.32. The fourth-order valence-electron chi connectivity index (χ4n) is 1.43. The number of hydrogen-bond donors (Lipinski definition) is 0. The molecule has 0 N–H and O–H groups in total. The molecule has 0 aliphatic heterocycles. The zero-order chi connectivity index (χ0) is 15.5. The zero-order valence-corrected chi connectivity index (χ0v) is 12.2. The largest absolute Gasteiger partial charge is 0.427 e. The summed E-state index contributed by atoms with van der Waals surface area (Å²) in [5.41, 5.74) is 1.01. The molecule has 0 saturated heterocycles. The van der Waals surface area contributed by atoms with Crippen molar-refractivity contribution < 1.29 is 14.3 Å². The summed E-state index contributed by atoms with van der Waals surface area (Å²) in [7, 11) is 0. The Morgan fingerprint density at radius 1 is 0.857 bits per heavy atom. The van der Waals surface area contributed by atoms with Crippen LogP contribution in [0.3, 0.4) is 0 Å². The normalized spacial score (nSPS) is 11.9. The second-order valence-corrected chi connectivity index (χ2v) is 4.26. The van der Waals surface area contributed by atoms with Gasteiger partial charge in [-0.2, -0.15) is 0 Å². The number of allylic oxidation sites excluding steroid dienone is 7. The van der Waals surface area contributed by atoms with Gasteiger partial charge in [0.05, 0.1) is 0 Å². The lowest BCUT2D eigenvalue weighted by Gasteiger charge is -2.00. The first-order valence-electron chi connectivity index (χ1n) is 6.55. The molecular formula is C18H18O3. The Labute approximate surface area is 124 Å². The minimum atomic E-state index is -0.327. The Kier molecular flexibility index (Phi) is 7.22. The standard InChI is InChI=1S/C18H18O3/c1-15(19)9-7-5-3-4-6-8-10-17-11-13-18(14-12-17)21-16(2)20/h3-14H,1-2H3/b5-3+,6-4+,9-7+,10-8+. The molecule has 0 bridgehead atoms. The monoisotopic (exact) mass is 282 g/mol. The average Bonchev–Trinajstić information content (AvgIpc) is 2.42. The van der Waals surface area contributed by atoms with Crippen LogP contribution in [-0.4, -0.2) is 11.8 Å². The Morgan fingerprint density at radius 2 is 1.43 bits per heavy atom. The van der Waals surface area contributed by atoms with Crippen LogP contribution in [0.15, 0.2) is 66.8 Å². The fourth-order valence-corrected chi connectivity index (χ4v) is 1.43. The van der Waals surface area contributed by atoms with Crippen molar-refractivity contribution in [2.45, 2.75) is 13.8 Å². The van der Waals surface area contributed by atoms with Crippen molar-refractivity contribution in [3.8, 4) is 5.75 Å². The summed E-state index contributed by atoms with van der Waals surface area (Å²) in [6.45, 7) is 2.88. The predicted octanol–water partition coefficient (Wildman–Crippen LogP) is 3.88. The van der Waals surface area contributed by atoms with E-state index in [1.54, 1.807) is 24.3 Å². The maximum atomic E-state index is 10.8. The number of hydrogen-bond acceptors (Lipinski definition) is 3. The van der Waals surface area contributed by atoms with Gasteiger partial charge in [0.25, 0.3) is 0 Å². The topological polar surface area (TPSA) is 43.4 Å². The van der Waals surface area contributed by atoms with Crippen LogP contribution in [0, 0.1) is 0 Å². The molecule has 108 valence electrons. The van der Waals surface area contributed by atoms with Crippen LogP contribution in [0.1, 0.15) is 19.4 Å². The van der Waals surface area contributed by atoms with Crippen molar-refractivity contribution in [2.75, 3.05) is 0 Å². The molecule has 0 fully saturated rings. The van der Waals surface area contributed by atoms with E-state index in [2.05, 4.69) is 0 Å². The van der Waals surface area contributed by atoms with Crippen LogP contribution in [0.2, 0.25) is 0 Å². The highest BCUT2D eigenvalue weighted by Crippen LogP contribution is 2.13. The third kappa shape index (κ3) is 8.16. The molecule has 0 heterocycles. The van der Waals surface area contributed by atoms with E-state index in [0.29, 0.717) is 5.75 Å². The summed E-state index contributed by atoms with van der Waals surface area (Å²) in [5.74, 6) is 0.239. The highest BCUT2D eigenvalue weighted by Gasteiger charge is 1.96. The van der Waals surface area contributed by atoms with Crippen molar-refractivity contribution in [1.82, 2.24) is 0 Å². The number of benzene rings is 1. The molecule has 3 heteroatoms. The van der Waals surface area contributed by atoms with Gasteiger partial charge in [-0.3, -0.25) is 9.59 Å². The maximum absolute atomic E-state index is 10.8. The molecule has 0 amide bonds. The molecule has 1 aromatic carbocycles. The average molecular weight is 282 g/mol. The number of carbonyl (C=O) groups is 2. The molecule has 0 aliphatic rings. The lowest BCUT2D eigenvalue weighted by molar-refractivity contribution is -0.131. The van der Waals surface area contributed by atoms with E-state index in [1.807, 2.05) is 42.5 Å². The van der Waals surface area contributed by atoms with Gasteiger partial charge in [-0.05, 0) is 30.7 Å². The molecular weight excluding hydrogens is 264 g/mol. The SMILES string of the molecule is CC(=O)/C=C/C=C/C=C/C=C/c1ccc(OC(C)=O)cc1. The summed E-state index contributed by atoms with van der Waals surface area (Å²) in [6.07, 6.45) is 14.4. The lowest BCUT2D eigenvalue weighted by Crippen LogP contribution is -2.00. The highest BCUT2D eigenvalue weighted by molar-refractivity contribution is 5.87. The first kappa shape index (κ1) is 16.4. The third-order valence-electron chi connectivity index (χ3n) is 2.32. The summed E-state index contributed by atoms with van der Waals surface area (Å²) in [6, 6.07) is 7.23. The molecule has 3 nitrogen and oxygen atoms in total. The molecule has 0 radical (unpaired) electrons. The van der Waals surface area contributed by atoms with Gasteiger partial charge in [0.15, 0.2) is 5.78 Å². The van der Waals surface area contributed by atoms with Gasteiger partial charge in [-0.1, -0.05) is 54.7 Å². The molecule has 0 spiro atoms. The minimum Gasteiger partial charge on any atom is -0.427 e. The molecule has 0 aliphatic carbocycles. The van der Waals surface area contributed by atoms with Crippen molar-refractivity contribution in [3.05, 3.63) is 72.4 Å². The summed E-state index contributed by atoms with van der Waals surface area (Å²) in [5, 5.41) is 0. The summed E-state index contributed by atoms with van der Waals surface area (Å²) >= 11 is 0. The fraction of sp³-hybridized carbons (Fsp3) is 0.111. The zero-order valence-electron chi connectivity index (χ0n) is 12.2. The van der Waals surface area contributed by atoms with Gasteiger partial charge in [0.1, 0.15) is 5.75 Å². The molecule has 0 saturated carbocycles. The Morgan fingerprint density at radius 3 is 2.00 bits per heavy atom. The molecule has 0 atom stereocenters. The summed E-state index contributed by atoms with van der Waals surface area (Å²) < 4.78 is 4.95. The van der Waals surface area contributed by atoms with Crippen LogP contribution in [0.4, 0.5) is 0 Å². The first-order chi connectivity index (χ1) is 10.1. The Bertz CT molecular complexity index is 587. The van der Waals surface area contributed by atoms with Crippen LogP contribution in [0.25, 0.3) is 6.08 Å². The van der Waals surface area contributed by atoms with E-state index in [9.17, 15) is 9.59 Å². The highest BCUT2D eigenvalue weighted by atomic mass is 16.5. The van der Waals surface area contributed by atoms with Gasteiger partial charge in [-0.25, -0.2) is 0 Å². The lowest BCUT2D eigenvalue weighted by atomic mass is 10.2. The predicted molar refractivity (Wildman–Crippen MR) is 84.9 cm³/mol. The first-order valence-corrected chi connectivity index (χ1v) is 6.55. The van der Waals surface area contributed by atoms with E-state index in [-0.39, 0.29) is 11.8 Å². The van der Waals surface area contributed by atoms with E-state index in [1.165, 1.54) is 19.9 Å².